The van der Waals surface area contributed by atoms with Crippen LogP contribution < -0.4 is 16.4 Å². The summed E-state index contributed by atoms with van der Waals surface area (Å²) < 4.78 is 0. The van der Waals surface area contributed by atoms with Crippen LogP contribution in [-0.4, -0.2) is 6.71 Å². The third-order valence-corrected chi connectivity index (χ3v) is 14.3. The molecule has 0 nitrogen and oxygen atoms in total. The van der Waals surface area contributed by atoms with Crippen LogP contribution in [0.4, 0.5) is 0 Å². The molecular formula is C50H37BS2. The third-order valence-electron chi connectivity index (χ3n) is 12.0. The molecule has 11 rings (SSSR count). The first-order valence-corrected chi connectivity index (χ1v) is 20.6. The van der Waals surface area contributed by atoms with Crippen molar-refractivity contribution in [2.24, 2.45) is 11.8 Å². The van der Waals surface area contributed by atoms with E-state index in [-0.39, 0.29) is 6.71 Å². The molecule has 0 saturated carbocycles. The van der Waals surface area contributed by atoms with Crippen molar-refractivity contribution in [3.8, 4) is 11.1 Å². The van der Waals surface area contributed by atoms with Crippen LogP contribution in [0.5, 0.6) is 0 Å². The monoisotopic (exact) mass is 712 g/mol. The summed E-state index contributed by atoms with van der Waals surface area (Å²) in [6.07, 6.45) is 11.9. The Morgan fingerprint density at radius 2 is 1.21 bits per heavy atom. The Morgan fingerprint density at radius 3 is 1.92 bits per heavy atom. The average molecular weight is 713 g/mol. The minimum atomic E-state index is 0.268. The highest BCUT2D eigenvalue weighted by Crippen LogP contribution is 2.49. The Balaban J connectivity index is 1.12. The van der Waals surface area contributed by atoms with E-state index in [0.29, 0.717) is 11.8 Å². The van der Waals surface area contributed by atoms with Crippen molar-refractivity contribution in [3.05, 3.63) is 168 Å². The first kappa shape index (κ1) is 31.6. The van der Waals surface area contributed by atoms with Crippen LogP contribution in [-0.2, 0) is 6.42 Å². The van der Waals surface area contributed by atoms with Crippen LogP contribution in [0.2, 0.25) is 0 Å². The fraction of sp³-hybridized carbons (Fsp3) is 0.120. The third kappa shape index (κ3) is 4.94. The van der Waals surface area contributed by atoms with Gasteiger partial charge in [-0.05, 0) is 120 Å². The van der Waals surface area contributed by atoms with Gasteiger partial charge in [0.2, 0.25) is 6.71 Å². The van der Waals surface area contributed by atoms with E-state index >= 15 is 0 Å². The van der Waals surface area contributed by atoms with Crippen molar-refractivity contribution in [1.29, 1.82) is 0 Å². The predicted molar refractivity (Wildman–Crippen MR) is 231 cm³/mol. The van der Waals surface area contributed by atoms with Gasteiger partial charge in [-0.2, -0.15) is 0 Å². The van der Waals surface area contributed by atoms with E-state index in [9.17, 15) is 0 Å². The molecule has 0 fully saturated rings. The van der Waals surface area contributed by atoms with Gasteiger partial charge in [0.25, 0.3) is 0 Å². The van der Waals surface area contributed by atoms with E-state index in [0.717, 1.165) is 12.8 Å². The summed E-state index contributed by atoms with van der Waals surface area (Å²) in [7, 11) is 0. The topological polar surface area (TPSA) is 0 Å². The van der Waals surface area contributed by atoms with Crippen LogP contribution in [0, 0.1) is 11.8 Å². The van der Waals surface area contributed by atoms with E-state index in [1.807, 2.05) is 23.5 Å². The molecule has 2 aliphatic heterocycles. The first-order valence-electron chi connectivity index (χ1n) is 19.0. The Bertz CT molecular complexity index is 2710. The summed E-state index contributed by atoms with van der Waals surface area (Å²) in [6.45, 7) is 5.08. The molecule has 0 amide bonds. The van der Waals surface area contributed by atoms with Crippen LogP contribution in [0.3, 0.4) is 0 Å². The second kappa shape index (κ2) is 12.3. The van der Waals surface area contributed by atoms with E-state index in [1.165, 1.54) is 102 Å². The number of rotatable bonds is 3. The highest BCUT2D eigenvalue weighted by atomic mass is 32.2. The van der Waals surface area contributed by atoms with Crippen molar-refractivity contribution in [1.82, 2.24) is 0 Å². The maximum atomic E-state index is 2.52. The number of hydrogen-bond acceptors (Lipinski definition) is 2. The molecule has 0 saturated heterocycles. The molecule has 2 atom stereocenters. The smallest absolute Gasteiger partial charge is 0.0911 e. The maximum Gasteiger partial charge on any atom is 0.247 e. The summed E-state index contributed by atoms with van der Waals surface area (Å²) in [4.78, 5) is 5.54. The Labute approximate surface area is 320 Å². The molecule has 53 heavy (non-hydrogen) atoms. The SMILES string of the molecule is CC1C=Cc2c(c(C3=CC=C(c4cccc5ccccc45)CC3C)c3ccccc3c2-c2cc3c4c(c2)Sc2ccccc2B4c2ccccc2S3)C1. The lowest BCUT2D eigenvalue weighted by atomic mass is 9.36. The van der Waals surface area contributed by atoms with Gasteiger partial charge in [-0.25, -0.2) is 0 Å². The summed E-state index contributed by atoms with van der Waals surface area (Å²) in [5, 5.41) is 5.38. The highest BCUT2D eigenvalue weighted by Gasteiger charge is 2.38. The lowest BCUT2D eigenvalue weighted by Crippen LogP contribution is -2.57. The molecule has 0 radical (unpaired) electrons. The Morgan fingerprint density at radius 1 is 0.585 bits per heavy atom. The minimum absolute atomic E-state index is 0.268. The van der Waals surface area contributed by atoms with Gasteiger partial charge < -0.3 is 0 Å². The summed E-state index contributed by atoms with van der Waals surface area (Å²) in [5.41, 5.74) is 15.7. The molecule has 0 bridgehead atoms. The second-order valence-corrected chi connectivity index (χ2v) is 17.4. The minimum Gasteiger partial charge on any atom is -0.0911 e. The molecule has 0 aromatic heterocycles. The van der Waals surface area contributed by atoms with Crippen LogP contribution in [0.1, 0.15) is 42.5 Å². The normalized spacial score (nSPS) is 18.2. The van der Waals surface area contributed by atoms with Gasteiger partial charge in [0, 0.05) is 19.6 Å². The largest absolute Gasteiger partial charge is 0.247 e. The van der Waals surface area contributed by atoms with Gasteiger partial charge in [0.05, 0.1) is 0 Å². The number of allylic oxidation sites excluding steroid dienone is 5. The maximum absolute atomic E-state index is 2.52. The predicted octanol–water partition coefficient (Wildman–Crippen LogP) is 11.8. The zero-order valence-electron chi connectivity index (χ0n) is 29.9. The number of fused-ring (bicyclic) bond motifs is 7. The zero-order valence-corrected chi connectivity index (χ0v) is 31.5. The van der Waals surface area contributed by atoms with E-state index in [4.69, 9.17) is 0 Å². The van der Waals surface area contributed by atoms with Crippen molar-refractivity contribution in [3.63, 3.8) is 0 Å². The molecule has 0 spiro atoms. The Kier molecular flexibility index (Phi) is 7.33. The van der Waals surface area contributed by atoms with Crippen molar-refractivity contribution in [2.75, 3.05) is 0 Å². The van der Waals surface area contributed by atoms with E-state index in [2.05, 4.69) is 166 Å². The first-order chi connectivity index (χ1) is 26.1. The molecule has 252 valence electrons. The van der Waals surface area contributed by atoms with E-state index < -0.39 is 0 Å². The van der Waals surface area contributed by atoms with Gasteiger partial charge in [-0.3, -0.25) is 0 Å². The summed E-state index contributed by atoms with van der Waals surface area (Å²) in [6, 6.07) is 48.0. The van der Waals surface area contributed by atoms with E-state index in [1.54, 1.807) is 0 Å². The van der Waals surface area contributed by atoms with Gasteiger partial charge in [-0.15, -0.1) is 0 Å². The van der Waals surface area contributed by atoms with Gasteiger partial charge in [0.1, 0.15) is 0 Å². The van der Waals surface area contributed by atoms with Crippen molar-refractivity contribution in [2.45, 2.75) is 46.3 Å². The summed E-state index contributed by atoms with van der Waals surface area (Å²) in [5.74, 6) is 0.882. The molecule has 2 unspecified atom stereocenters. The Hall–Kier alpha value is -4.96. The van der Waals surface area contributed by atoms with Crippen LogP contribution in [0.25, 0.3) is 49.9 Å². The molecule has 2 aliphatic carbocycles. The van der Waals surface area contributed by atoms with Gasteiger partial charge in [0.15, 0.2) is 0 Å². The van der Waals surface area contributed by atoms with Gasteiger partial charge >= 0.3 is 0 Å². The van der Waals surface area contributed by atoms with Crippen LogP contribution in [0.15, 0.2) is 165 Å². The summed E-state index contributed by atoms with van der Waals surface area (Å²) >= 11 is 3.91. The van der Waals surface area contributed by atoms with Gasteiger partial charge in [-0.1, -0.05) is 176 Å². The molecule has 2 heterocycles. The number of hydrogen-bond donors (Lipinski definition) is 0. The quantitative estimate of drug-likeness (QED) is 0.167. The number of benzene rings is 7. The molecular weight excluding hydrogens is 675 g/mol. The molecule has 0 N–H and O–H groups in total. The van der Waals surface area contributed by atoms with Crippen LogP contribution >= 0.6 is 23.5 Å². The zero-order chi connectivity index (χ0) is 35.2. The fourth-order valence-corrected chi connectivity index (χ4v) is 12.1. The second-order valence-electron chi connectivity index (χ2n) is 15.3. The molecule has 7 aromatic rings. The molecule has 3 heteroatoms. The lowest BCUT2D eigenvalue weighted by Gasteiger charge is -2.34. The molecule has 7 aromatic carbocycles. The van der Waals surface area contributed by atoms with Crippen molar-refractivity contribution >= 4 is 85.4 Å². The lowest BCUT2D eigenvalue weighted by molar-refractivity contribution is 0.712. The molecule has 4 aliphatic rings. The standard InChI is InChI=1S/C50H37BS2/c1-30-22-24-40-41(26-30)49(35-25-23-33(27-31(35)2)37-17-11-13-32-12-3-4-14-36(32)37)39-16-6-5-15-38(39)48(40)34-28-46-50-47(29-34)53-45-21-10-8-19-43(45)51(50)42-18-7-9-20-44(42)52-46/h3-25,28-31H,26-27H2,1-2H3. The fourth-order valence-electron chi connectivity index (χ4n) is 9.64. The average Bonchev–Trinajstić information content (AvgIpc) is 3.19. The highest BCUT2D eigenvalue weighted by molar-refractivity contribution is 8.01. The van der Waals surface area contributed by atoms with Crippen molar-refractivity contribution < 1.29 is 0 Å².